The Morgan fingerprint density at radius 3 is 1.90 bits per heavy atom. The molecular formula is C27H40O3Si. The molecular weight excluding hydrogens is 400 g/mol. The summed E-state index contributed by atoms with van der Waals surface area (Å²) in [5, 5.41) is 2.76. The number of ether oxygens (including phenoxy) is 2. The lowest BCUT2D eigenvalue weighted by molar-refractivity contribution is -0.162. The normalized spacial score (nSPS) is 17.6. The van der Waals surface area contributed by atoms with Crippen LogP contribution in [0.15, 0.2) is 60.7 Å². The van der Waals surface area contributed by atoms with Gasteiger partial charge < -0.3 is 13.9 Å². The summed E-state index contributed by atoms with van der Waals surface area (Å²) < 4.78 is 18.5. The van der Waals surface area contributed by atoms with E-state index < -0.39 is 8.32 Å². The second-order valence-corrected chi connectivity index (χ2v) is 13.9. The molecule has 1 heterocycles. The molecule has 0 spiro atoms. The fraction of sp³-hybridized carbons (Fsp3) is 0.556. The van der Waals surface area contributed by atoms with E-state index in [2.05, 4.69) is 81.4 Å². The summed E-state index contributed by atoms with van der Waals surface area (Å²) in [6.07, 6.45) is 8.02. The first kappa shape index (κ1) is 24.2. The van der Waals surface area contributed by atoms with Crippen LogP contribution in [-0.2, 0) is 13.9 Å². The molecule has 1 unspecified atom stereocenters. The molecule has 2 aromatic rings. The first-order valence-electron chi connectivity index (χ1n) is 12.0. The highest BCUT2D eigenvalue weighted by atomic mass is 28.4. The van der Waals surface area contributed by atoms with Crippen LogP contribution < -0.4 is 10.4 Å². The van der Waals surface area contributed by atoms with Crippen molar-refractivity contribution in [3.63, 3.8) is 0 Å². The summed E-state index contributed by atoms with van der Waals surface area (Å²) >= 11 is 0. The second-order valence-electron chi connectivity index (χ2n) is 9.59. The van der Waals surface area contributed by atoms with E-state index in [1.807, 2.05) is 0 Å². The van der Waals surface area contributed by atoms with Crippen molar-refractivity contribution in [3.8, 4) is 0 Å². The van der Waals surface area contributed by atoms with E-state index in [4.69, 9.17) is 13.9 Å². The number of benzene rings is 2. The van der Waals surface area contributed by atoms with E-state index in [9.17, 15) is 0 Å². The average molecular weight is 441 g/mol. The van der Waals surface area contributed by atoms with Gasteiger partial charge in [-0.15, -0.1) is 0 Å². The summed E-state index contributed by atoms with van der Waals surface area (Å²) in [6.45, 7) is 9.47. The van der Waals surface area contributed by atoms with E-state index in [1.54, 1.807) is 0 Å². The van der Waals surface area contributed by atoms with Crippen LogP contribution in [0.1, 0.15) is 65.7 Å². The third kappa shape index (κ3) is 6.52. The zero-order valence-corrected chi connectivity index (χ0v) is 20.6. The molecule has 3 rings (SSSR count). The molecule has 4 heteroatoms. The molecule has 0 aromatic heterocycles. The Kier molecular flexibility index (Phi) is 9.33. The van der Waals surface area contributed by atoms with Crippen LogP contribution in [0.3, 0.4) is 0 Å². The van der Waals surface area contributed by atoms with Gasteiger partial charge in [0.2, 0.25) is 0 Å². The lowest BCUT2D eigenvalue weighted by atomic mass is 10.2. The highest BCUT2D eigenvalue weighted by Gasteiger charge is 2.49. The van der Waals surface area contributed by atoms with Crippen LogP contribution in [0.5, 0.6) is 0 Å². The zero-order valence-electron chi connectivity index (χ0n) is 19.6. The van der Waals surface area contributed by atoms with Gasteiger partial charge in [-0.25, -0.2) is 0 Å². The Bertz CT molecular complexity index is 697. The molecule has 1 atom stereocenters. The zero-order chi connectivity index (χ0) is 22.0. The Labute approximate surface area is 190 Å². The topological polar surface area (TPSA) is 27.7 Å². The van der Waals surface area contributed by atoms with Gasteiger partial charge >= 0.3 is 0 Å². The van der Waals surface area contributed by atoms with Crippen LogP contribution in [-0.4, -0.2) is 34.4 Å². The van der Waals surface area contributed by atoms with Crippen molar-refractivity contribution in [2.24, 2.45) is 0 Å². The van der Waals surface area contributed by atoms with E-state index >= 15 is 0 Å². The maximum Gasteiger partial charge on any atom is 0.261 e. The SMILES string of the molecule is CC(C)(C)[Si](OCCCCCCOC1CCCCO1)(c1ccccc1)c1ccccc1. The minimum Gasteiger partial charge on any atom is -0.407 e. The van der Waals surface area contributed by atoms with Gasteiger partial charge in [-0.05, 0) is 47.5 Å². The summed E-state index contributed by atoms with van der Waals surface area (Å²) in [7, 11) is -2.39. The maximum absolute atomic E-state index is 6.96. The molecule has 2 aromatic carbocycles. The largest absolute Gasteiger partial charge is 0.407 e. The fourth-order valence-electron chi connectivity index (χ4n) is 4.60. The number of rotatable bonds is 11. The Balaban J connectivity index is 1.55. The molecule has 0 bridgehead atoms. The van der Waals surface area contributed by atoms with Gasteiger partial charge in [0.15, 0.2) is 6.29 Å². The van der Waals surface area contributed by atoms with Crippen molar-refractivity contribution in [1.82, 2.24) is 0 Å². The number of hydrogen-bond donors (Lipinski definition) is 0. The van der Waals surface area contributed by atoms with Gasteiger partial charge in [0, 0.05) is 19.8 Å². The molecule has 0 saturated carbocycles. The summed E-state index contributed by atoms with van der Waals surface area (Å²) in [6, 6.07) is 21.8. The molecule has 3 nitrogen and oxygen atoms in total. The third-order valence-electron chi connectivity index (χ3n) is 6.22. The molecule has 1 saturated heterocycles. The standard InChI is InChI=1S/C27H40O3Si/c1-27(2,3)31(24-16-8-6-9-17-24,25-18-10-7-11-19-25)30-23-14-5-4-13-21-28-26-20-12-15-22-29-26/h6-11,16-19,26H,4-5,12-15,20-23H2,1-3H3. The van der Waals surface area contributed by atoms with Crippen LogP contribution in [0.25, 0.3) is 0 Å². The van der Waals surface area contributed by atoms with Gasteiger partial charge in [-0.3, -0.25) is 0 Å². The van der Waals surface area contributed by atoms with Gasteiger partial charge in [-0.2, -0.15) is 0 Å². The van der Waals surface area contributed by atoms with Crippen LogP contribution in [0.4, 0.5) is 0 Å². The first-order valence-corrected chi connectivity index (χ1v) is 13.9. The first-order chi connectivity index (χ1) is 15.0. The van der Waals surface area contributed by atoms with Crippen molar-refractivity contribution in [3.05, 3.63) is 60.7 Å². The molecule has 0 amide bonds. The third-order valence-corrected chi connectivity index (χ3v) is 11.3. The van der Waals surface area contributed by atoms with E-state index in [-0.39, 0.29) is 11.3 Å². The Morgan fingerprint density at radius 2 is 1.39 bits per heavy atom. The molecule has 1 aliphatic rings. The van der Waals surface area contributed by atoms with Crippen molar-refractivity contribution >= 4 is 18.7 Å². The molecule has 1 aliphatic heterocycles. The molecule has 31 heavy (non-hydrogen) atoms. The van der Waals surface area contributed by atoms with Gasteiger partial charge in [0.05, 0.1) is 0 Å². The Hall–Kier alpha value is -1.46. The van der Waals surface area contributed by atoms with E-state index in [1.165, 1.54) is 36.1 Å². The summed E-state index contributed by atoms with van der Waals surface area (Å²) in [4.78, 5) is 0. The molecule has 0 N–H and O–H groups in total. The molecule has 0 radical (unpaired) electrons. The van der Waals surface area contributed by atoms with Gasteiger partial charge in [-0.1, -0.05) is 94.3 Å². The average Bonchev–Trinajstić information content (AvgIpc) is 2.79. The second kappa shape index (κ2) is 12.0. The van der Waals surface area contributed by atoms with Crippen molar-refractivity contribution in [2.45, 2.75) is 77.0 Å². The summed E-state index contributed by atoms with van der Waals surface area (Å²) in [5.41, 5.74) is 0. The lowest BCUT2D eigenvalue weighted by Gasteiger charge is -2.43. The lowest BCUT2D eigenvalue weighted by Crippen LogP contribution is -2.66. The molecule has 0 aliphatic carbocycles. The smallest absolute Gasteiger partial charge is 0.261 e. The minimum absolute atomic E-state index is 0.0345. The summed E-state index contributed by atoms with van der Waals surface area (Å²) in [5.74, 6) is 0. The van der Waals surface area contributed by atoms with Gasteiger partial charge in [0.25, 0.3) is 8.32 Å². The van der Waals surface area contributed by atoms with E-state index in [0.29, 0.717) is 0 Å². The minimum atomic E-state index is -2.39. The van der Waals surface area contributed by atoms with Crippen LogP contribution in [0.2, 0.25) is 5.04 Å². The predicted molar refractivity (Wildman–Crippen MR) is 132 cm³/mol. The predicted octanol–water partition coefficient (Wildman–Crippen LogP) is 5.67. The maximum atomic E-state index is 6.96. The Morgan fingerprint density at radius 1 is 0.806 bits per heavy atom. The van der Waals surface area contributed by atoms with Gasteiger partial charge in [0.1, 0.15) is 0 Å². The highest BCUT2D eigenvalue weighted by molar-refractivity contribution is 6.99. The quantitative estimate of drug-likeness (QED) is 0.333. The molecule has 1 fully saturated rings. The molecule has 170 valence electrons. The highest BCUT2D eigenvalue weighted by Crippen LogP contribution is 2.36. The number of unbranched alkanes of at least 4 members (excludes halogenated alkanes) is 3. The van der Waals surface area contributed by atoms with Crippen molar-refractivity contribution < 1.29 is 13.9 Å². The number of hydrogen-bond acceptors (Lipinski definition) is 3. The van der Waals surface area contributed by atoms with E-state index in [0.717, 1.165) is 39.1 Å². The van der Waals surface area contributed by atoms with Crippen molar-refractivity contribution in [1.29, 1.82) is 0 Å². The monoisotopic (exact) mass is 440 g/mol. The van der Waals surface area contributed by atoms with Crippen LogP contribution >= 0.6 is 0 Å². The fourth-order valence-corrected chi connectivity index (χ4v) is 9.21. The van der Waals surface area contributed by atoms with Crippen LogP contribution in [0, 0.1) is 0 Å². The van der Waals surface area contributed by atoms with Crippen molar-refractivity contribution in [2.75, 3.05) is 19.8 Å².